The molecule has 0 N–H and O–H groups in total. The van der Waals surface area contributed by atoms with E-state index in [-0.39, 0.29) is 10.8 Å². The van der Waals surface area contributed by atoms with Crippen LogP contribution in [0.4, 0.5) is 0 Å². The lowest BCUT2D eigenvalue weighted by molar-refractivity contribution is -0.328. The zero-order valence-electron chi connectivity index (χ0n) is 13.0. The molecule has 0 atom stereocenters. The first-order chi connectivity index (χ1) is 9.21. The van der Waals surface area contributed by atoms with Crippen molar-refractivity contribution in [1.29, 1.82) is 0 Å². The predicted molar refractivity (Wildman–Crippen MR) is 83.8 cm³/mol. The van der Waals surface area contributed by atoms with Gasteiger partial charge in [0.15, 0.2) is 3.57 Å². The van der Waals surface area contributed by atoms with Crippen LogP contribution in [0.3, 0.4) is 0 Å². The average Bonchev–Trinajstić information content (AvgIpc) is 2.38. The molecule has 0 nitrogen and oxygen atoms in total. The van der Waals surface area contributed by atoms with Crippen molar-refractivity contribution in [3.8, 4) is 0 Å². The van der Waals surface area contributed by atoms with E-state index in [1.807, 2.05) is 0 Å². The monoisotopic (exact) mass is 379 g/mol. The van der Waals surface area contributed by atoms with Gasteiger partial charge in [-0.05, 0) is 34.2 Å². The average molecular weight is 379 g/mol. The van der Waals surface area contributed by atoms with Crippen molar-refractivity contribution in [2.45, 2.75) is 45.4 Å². The highest BCUT2D eigenvalue weighted by atomic mass is 127. The minimum Gasteiger partial charge on any atom is -0.0582 e. The molecule has 0 heterocycles. The molecule has 1 heteroatoms. The fraction of sp³-hybridized carbons (Fsp3) is 0.368. The van der Waals surface area contributed by atoms with Gasteiger partial charge < -0.3 is 0 Å². The van der Waals surface area contributed by atoms with Crippen molar-refractivity contribution in [1.82, 2.24) is 0 Å². The summed E-state index contributed by atoms with van der Waals surface area (Å²) in [5.74, 6) is 0. The van der Waals surface area contributed by atoms with Crippen LogP contribution in [0.2, 0.25) is 0 Å². The van der Waals surface area contributed by atoms with Crippen LogP contribution in [0.25, 0.3) is 0 Å². The van der Waals surface area contributed by atoms with E-state index in [0.717, 1.165) is 0 Å². The molecule has 20 heavy (non-hydrogen) atoms. The van der Waals surface area contributed by atoms with E-state index in [1.54, 1.807) is 0 Å². The Balaban J connectivity index is 2.37. The Hall–Kier alpha value is -0.830. The molecule has 0 radical (unpaired) electrons. The second kappa shape index (κ2) is 5.51. The number of benzene rings is 2. The Morgan fingerprint density at radius 3 is 1.35 bits per heavy atom. The van der Waals surface area contributed by atoms with Gasteiger partial charge in [-0.3, -0.25) is 0 Å². The van der Waals surface area contributed by atoms with Gasteiger partial charge in [0.2, 0.25) is 0 Å². The Bertz CT molecular complexity index is 569. The predicted octanol–water partition coefficient (Wildman–Crippen LogP) is 1.77. The largest absolute Gasteiger partial charge is 0.296 e. The topological polar surface area (TPSA) is 0 Å². The molecule has 0 aromatic heterocycles. The summed E-state index contributed by atoms with van der Waals surface area (Å²) in [5, 5.41) is 0. The second-order valence-corrected chi connectivity index (χ2v) is 8.32. The molecule has 0 saturated heterocycles. The van der Waals surface area contributed by atoms with E-state index in [4.69, 9.17) is 0 Å². The van der Waals surface area contributed by atoms with E-state index in [1.165, 1.54) is 20.3 Å². The maximum atomic E-state index is 2.30. The molecule has 2 aromatic rings. The fourth-order valence-electron chi connectivity index (χ4n) is 2.43. The zero-order chi connectivity index (χ0) is 15.0. The summed E-state index contributed by atoms with van der Waals surface area (Å²) in [5.41, 5.74) is 4.39. The minimum absolute atomic E-state index is 0.0469. The normalized spacial score (nSPS) is 12.5. The van der Waals surface area contributed by atoms with Crippen molar-refractivity contribution < 1.29 is 22.6 Å². The zero-order valence-corrected chi connectivity index (χ0v) is 15.4. The maximum Gasteiger partial charge on any atom is 0.296 e. The molecule has 0 spiro atoms. The summed E-state index contributed by atoms with van der Waals surface area (Å²) in [6.45, 7) is 11.4. The highest BCUT2D eigenvalue weighted by molar-refractivity contribution is 5.39. The van der Waals surface area contributed by atoms with Gasteiger partial charge in [-0.2, -0.15) is 0 Å². The van der Waals surface area contributed by atoms with E-state index >= 15 is 0 Å². The molecule has 2 rings (SSSR count). The summed E-state index contributed by atoms with van der Waals surface area (Å²) in [4.78, 5) is 0. The molecule has 0 fully saturated rings. The Kier molecular flexibility index (Phi) is 4.29. The molecule has 0 bridgehead atoms. The van der Waals surface area contributed by atoms with Crippen LogP contribution in [0.1, 0.15) is 51.3 Å². The highest BCUT2D eigenvalue weighted by Crippen LogP contribution is 2.32. The summed E-state index contributed by atoms with van der Waals surface area (Å²) in [6, 6.07) is 18.0. The van der Waals surface area contributed by atoms with Crippen molar-refractivity contribution >= 4 is 0 Å². The van der Waals surface area contributed by atoms with E-state index < -0.39 is 0 Å². The van der Waals surface area contributed by atoms with E-state index in [9.17, 15) is 0 Å². The van der Waals surface area contributed by atoms with Crippen molar-refractivity contribution in [2.75, 3.05) is 0 Å². The summed E-state index contributed by atoms with van der Waals surface area (Å²) >= 11 is 2.06. The number of rotatable bonds is 2. The first-order valence-electron chi connectivity index (χ1n) is 7.10. The molecule has 0 unspecified atom stereocenters. The molecule has 0 saturated carbocycles. The van der Waals surface area contributed by atoms with Crippen molar-refractivity contribution in [3.05, 3.63) is 68.8 Å². The molecule has 0 amide bonds. The number of hydrogen-bond donors (Lipinski definition) is 0. The Morgan fingerprint density at radius 2 is 0.950 bits per heavy atom. The third kappa shape index (κ3) is 3.25. The van der Waals surface area contributed by atoms with Crippen LogP contribution in [0.15, 0.2) is 48.5 Å². The molecule has 106 valence electrons. The van der Waals surface area contributed by atoms with Gasteiger partial charge in [-0.1, -0.05) is 71.0 Å². The summed E-state index contributed by atoms with van der Waals surface area (Å²) in [7, 11) is 0. The maximum absolute atomic E-state index is 2.30. The first-order valence-corrected chi connectivity index (χ1v) is 8.26. The van der Waals surface area contributed by atoms with Crippen LogP contribution in [-0.4, -0.2) is 0 Å². The number of halogens is 1. The number of hydrogen-bond acceptors (Lipinski definition) is 0. The summed E-state index contributed by atoms with van der Waals surface area (Å²) in [6.07, 6.45) is 0. The lowest BCUT2D eigenvalue weighted by Crippen LogP contribution is -3.34. The summed E-state index contributed by atoms with van der Waals surface area (Å²) < 4.78 is 1.32. The molecule has 0 aliphatic rings. The van der Waals surface area contributed by atoms with Gasteiger partial charge in [0.05, 0.1) is 0 Å². The van der Waals surface area contributed by atoms with Crippen LogP contribution in [0.5, 0.6) is 0 Å². The van der Waals surface area contributed by atoms with Crippen LogP contribution >= 0.6 is 0 Å². The van der Waals surface area contributed by atoms with Gasteiger partial charge in [0, 0.05) is 5.41 Å². The van der Waals surface area contributed by atoms with Crippen molar-refractivity contribution in [2.24, 2.45) is 0 Å². The molecule has 0 aliphatic heterocycles. The van der Waals surface area contributed by atoms with Gasteiger partial charge in [-0.15, -0.1) is 0 Å². The lowest BCUT2D eigenvalue weighted by atomic mass is 9.77. The fourth-order valence-corrected chi connectivity index (χ4v) is 2.81. The Labute approximate surface area is 136 Å². The van der Waals surface area contributed by atoms with Gasteiger partial charge >= 0.3 is 0 Å². The van der Waals surface area contributed by atoms with Gasteiger partial charge in [-0.25, -0.2) is 0 Å². The first kappa shape index (κ1) is 15.6. The quantitative estimate of drug-likeness (QED) is 0.698. The molecule has 0 aliphatic carbocycles. The van der Waals surface area contributed by atoms with Crippen molar-refractivity contribution in [3.63, 3.8) is 0 Å². The highest BCUT2D eigenvalue weighted by Gasteiger charge is 2.24. The third-order valence-electron chi connectivity index (χ3n) is 4.05. The molecule has 2 aromatic carbocycles. The lowest BCUT2D eigenvalue weighted by Gasteiger charge is -2.27. The standard InChI is InChI=1S/C19H24I/c1-18(2,3)14-6-8-15(9-7-14)19(4,5)16-10-12-17(20)13-11-16/h6-13,20H,1-5H3/q+1. The second-order valence-electron chi connectivity index (χ2n) is 6.98. The third-order valence-corrected chi connectivity index (χ3v) is 4.83. The SMILES string of the molecule is CC(C)(C)c1ccc(C(C)(C)c2ccc([IH+])cc2)cc1. The minimum atomic E-state index is 0.0469. The molecular weight excluding hydrogens is 355 g/mol. The van der Waals surface area contributed by atoms with Gasteiger partial charge in [0.25, 0.3) is 22.6 Å². The van der Waals surface area contributed by atoms with Crippen LogP contribution in [-0.2, 0) is 10.8 Å². The van der Waals surface area contributed by atoms with Gasteiger partial charge in [0.1, 0.15) is 0 Å². The smallest absolute Gasteiger partial charge is 0.0582 e. The van der Waals surface area contributed by atoms with Crippen LogP contribution < -0.4 is 22.6 Å². The Morgan fingerprint density at radius 1 is 0.600 bits per heavy atom. The molecular formula is C19H24I+. The van der Waals surface area contributed by atoms with E-state index in [0.29, 0.717) is 0 Å². The van der Waals surface area contributed by atoms with E-state index in [2.05, 4.69) is 106 Å². The van der Waals surface area contributed by atoms with Crippen LogP contribution in [0, 0.1) is 3.57 Å².